The SMILES string of the molecule is C=CCc1cc(/C=C(/C#N)C(=O)NCCCc2ccccc2)cc(OCC)c1OCc1ccc(Br)cc1. The summed E-state index contributed by atoms with van der Waals surface area (Å²) in [5.41, 5.74) is 3.83. The van der Waals surface area contributed by atoms with Crippen molar-refractivity contribution >= 4 is 27.9 Å². The number of carbonyl (C=O) groups is 1. The average molecular weight is 560 g/mol. The molecule has 0 aliphatic heterocycles. The second kappa shape index (κ2) is 14.7. The minimum Gasteiger partial charge on any atom is -0.490 e. The van der Waals surface area contributed by atoms with E-state index >= 15 is 0 Å². The van der Waals surface area contributed by atoms with Gasteiger partial charge in [0, 0.05) is 16.6 Å². The van der Waals surface area contributed by atoms with Crippen LogP contribution in [0.25, 0.3) is 6.08 Å². The van der Waals surface area contributed by atoms with E-state index in [1.807, 2.05) is 61.5 Å². The van der Waals surface area contributed by atoms with Crippen LogP contribution in [0.2, 0.25) is 0 Å². The van der Waals surface area contributed by atoms with Gasteiger partial charge < -0.3 is 14.8 Å². The number of carbonyl (C=O) groups excluding carboxylic acids is 1. The highest BCUT2D eigenvalue weighted by atomic mass is 79.9. The molecule has 3 rings (SSSR count). The number of aryl methyl sites for hydroxylation is 1. The van der Waals surface area contributed by atoms with Gasteiger partial charge in [-0.2, -0.15) is 5.26 Å². The lowest BCUT2D eigenvalue weighted by molar-refractivity contribution is -0.117. The number of hydrogen-bond donors (Lipinski definition) is 1. The first-order valence-corrected chi connectivity index (χ1v) is 13.0. The lowest BCUT2D eigenvalue weighted by Crippen LogP contribution is -2.25. The third kappa shape index (κ3) is 8.66. The molecule has 3 aromatic carbocycles. The minimum absolute atomic E-state index is 0.0373. The first kappa shape index (κ1) is 27.8. The van der Waals surface area contributed by atoms with Crippen molar-refractivity contribution in [2.75, 3.05) is 13.2 Å². The van der Waals surface area contributed by atoms with Crippen LogP contribution in [0.5, 0.6) is 11.5 Å². The molecular weight excluding hydrogens is 528 g/mol. The van der Waals surface area contributed by atoms with Crippen LogP contribution in [0.3, 0.4) is 0 Å². The van der Waals surface area contributed by atoms with Crippen molar-refractivity contribution in [2.45, 2.75) is 32.8 Å². The molecule has 0 unspecified atom stereocenters. The third-order valence-corrected chi connectivity index (χ3v) is 6.09. The molecule has 6 heteroatoms. The molecule has 0 atom stereocenters. The van der Waals surface area contributed by atoms with Gasteiger partial charge in [-0.25, -0.2) is 0 Å². The first-order chi connectivity index (χ1) is 18.0. The van der Waals surface area contributed by atoms with Crippen LogP contribution in [-0.4, -0.2) is 19.1 Å². The van der Waals surface area contributed by atoms with Gasteiger partial charge in [-0.3, -0.25) is 4.79 Å². The van der Waals surface area contributed by atoms with E-state index in [-0.39, 0.29) is 5.57 Å². The maximum absolute atomic E-state index is 12.7. The second-order valence-electron chi connectivity index (χ2n) is 8.36. The number of ether oxygens (including phenoxy) is 2. The highest BCUT2D eigenvalue weighted by Crippen LogP contribution is 2.35. The van der Waals surface area contributed by atoms with Gasteiger partial charge in [0.1, 0.15) is 18.2 Å². The standard InChI is InChI=1S/C31H31BrN2O3/c1-3-9-26-18-25(19-27(21-33)31(35)34-17-8-12-23-10-6-5-7-11-23)20-29(36-4-2)30(26)37-22-24-13-15-28(32)16-14-24/h3,5-7,10-11,13-16,18-20H,1,4,8-9,12,17,22H2,2H3,(H,34,35)/b27-19-. The monoisotopic (exact) mass is 558 g/mol. The Morgan fingerprint density at radius 3 is 2.51 bits per heavy atom. The molecule has 37 heavy (non-hydrogen) atoms. The molecule has 0 aromatic heterocycles. The number of nitriles is 1. The predicted octanol–water partition coefficient (Wildman–Crippen LogP) is 6.81. The predicted molar refractivity (Wildman–Crippen MR) is 151 cm³/mol. The molecule has 0 spiro atoms. The highest BCUT2D eigenvalue weighted by molar-refractivity contribution is 9.10. The number of benzene rings is 3. The molecule has 1 N–H and O–H groups in total. The Kier molecular flexibility index (Phi) is 11.0. The summed E-state index contributed by atoms with van der Waals surface area (Å²) in [6.45, 7) is 7.08. The summed E-state index contributed by atoms with van der Waals surface area (Å²) < 4.78 is 13.1. The van der Waals surface area contributed by atoms with Crippen molar-refractivity contribution in [2.24, 2.45) is 0 Å². The summed E-state index contributed by atoms with van der Waals surface area (Å²) in [4.78, 5) is 12.7. The van der Waals surface area contributed by atoms with Crippen LogP contribution in [-0.2, 0) is 24.2 Å². The molecule has 0 radical (unpaired) electrons. The Bertz CT molecular complexity index is 1260. The van der Waals surface area contributed by atoms with Gasteiger partial charge in [0.15, 0.2) is 11.5 Å². The van der Waals surface area contributed by atoms with Gasteiger partial charge in [-0.15, -0.1) is 6.58 Å². The number of nitrogens with one attached hydrogen (secondary N) is 1. The number of nitrogens with zero attached hydrogens (tertiary/aromatic N) is 1. The van der Waals surface area contributed by atoms with Crippen molar-refractivity contribution in [1.29, 1.82) is 5.26 Å². The summed E-state index contributed by atoms with van der Waals surface area (Å²) in [6.07, 6.45) is 5.56. The lowest BCUT2D eigenvalue weighted by Gasteiger charge is -2.17. The van der Waals surface area contributed by atoms with E-state index in [1.54, 1.807) is 18.2 Å². The zero-order chi connectivity index (χ0) is 26.5. The Labute approximate surface area is 227 Å². The molecule has 0 fully saturated rings. The van der Waals surface area contributed by atoms with Crippen LogP contribution in [0, 0.1) is 11.3 Å². The fourth-order valence-electron chi connectivity index (χ4n) is 3.79. The molecule has 5 nitrogen and oxygen atoms in total. The number of hydrogen-bond acceptors (Lipinski definition) is 4. The van der Waals surface area contributed by atoms with Crippen molar-refractivity contribution in [3.8, 4) is 17.6 Å². The molecule has 0 bridgehead atoms. The minimum atomic E-state index is -0.394. The highest BCUT2D eigenvalue weighted by Gasteiger charge is 2.15. The summed E-state index contributed by atoms with van der Waals surface area (Å²) in [5.74, 6) is 0.797. The van der Waals surface area contributed by atoms with Crippen LogP contribution in [0.1, 0.15) is 35.6 Å². The van der Waals surface area contributed by atoms with Crippen LogP contribution < -0.4 is 14.8 Å². The zero-order valence-corrected chi connectivity index (χ0v) is 22.6. The smallest absolute Gasteiger partial charge is 0.261 e. The van der Waals surface area contributed by atoms with Crippen molar-refractivity contribution in [3.05, 3.63) is 112 Å². The van der Waals surface area contributed by atoms with Gasteiger partial charge in [0.2, 0.25) is 0 Å². The summed E-state index contributed by atoms with van der Waals surface area (Å²) in [6, 6.07) is 23.8. The fraction of sp³-hybridized carbons (Fsp3) is 0.226. The van der Waals surface area contributed by atoms with E-state index in [0.29, 0.717) is 43.2 Å². The summed E-state index contributed by atoms with van der Waals surface area (Å²) >= 11 is 3.45. The van der Waals surface area contributed by atoms with E-state index < -0.39 is 5.91 Å². The number of halogens is 1. The van der Waals surface area contributed by atoms with E-state index in [2.05, 4.69) is 40.0 Å². The van der Waals surface area contributed by atoms with Gasteiger partial charge in [-0.05, 0) is 73.2 Å². The quantitative estimate of drug-likeness (QED) is 0.108. The molecule has 0 aliphatic carbocycles. The molecule has 0 saturated heterocycles. The second-order valence-corrected chi connectivity index (χ2v) is 9.28. The molecule has 190 valence electrons. The van der Waals surface area contributed by atoms with Crippen molar-refractivity contribution in [1.82, 2.24) is 5.32 Å². The number of allylic oxidation sites excluding steroid dienone is 1. The Morgan fingerprint density at radius 1 is 1.08 bits per heavy atom. The number of amides is 1. The Balaban J connectivity index is 1.76. The van der Waals surface area contributed by atoms with Gasteiger partial charge in [0.05, 0.1) is 6.61 Å². The summed E-state index contributed by atoms with van der Waals surface area (Å²) in [5, 5.41) is 12.5. The van der Waals surface area contributed by atoms with Crippen LogP contribution in [0.15, 0.2) is 89.4 Å². The lowest BCUT2D eigenvalue weighted by atomic mass is 10.0. The molecular formula is C31H31BrN2O3. The molecule has 3 aromatic rings. The van der Waals surface area contributed by atoms with Gasteiger partial charge >= 0.3 is 0 Å². The van der Waals surface area contributed by atoms with E-state index in [9.17, 15) is 10.1 Å². The third-order valence-electron chi connectivity index (χ3n) is 5.56. The maximum Gasteiger partial charge on any atom is 0.261 e. The molecule has 0 heterocycles. The van der Waals surface area contributed by atoms with E-state index in [4.69, 9.17) is 9.47 Å². The molecule has 1 amide bonds. The Hall–Kier alpha value is -3.82. The maximum atomic E-state index is 12.7. The molecule has 0 saturated carbocycles. The van der Waals surface area contributed by atoms with E-state index in [0.717, 1.165) is 28.4 Å². The molecule has 0 aliphatic rings. The topological polar surface area (TPSA) is 71.4 Å². The van der Waals surface area contributed by atoms with Crippen LogP contribution in [0.4, 0.5) is 0 Å². The van der Waals surface area contributed by atoms with Crippen molar-refractivity contribution < 1.29 is 14.3 Å². The van der Waals surface area contributed by atoms with Crippen LogP contribution >= 0.6 is 15.9 Å². The first-order valence-electron chi connectivity index (χ1n) is 12.3. The zero-order valence-electron chi connectivity index (χ0n) is 21.0. The summed E-state index contributed by atoms with van der Waals surface area (Å²) in [7, 11) is 0. The largest absolute Gasteiger partial charge is 0.490 e. The number of rotatable bonds is 13. The van der Waals surface area contributed by atoms with Gasteiger partial charge in [0.25, 0.3) is 5.91 Å². The van der Waals surface area contributed by atoms with E-state index in [1.165, 1.54) is 5.56 Å². The normalized spacial score (nSPS) is 10.9. The Morgan fingerprint density at radius 2 is 1.84 bits per heavy atom. The van der Waals surface area contributed by atoms with Gasteiger partial charge in [-0.1, -0.05) is 64.5 Å². The average Bonchev–Trinajstić information content (AvgIpc) is 2.91. The fourth-order valence-corrected chi connectivity index (χ4v) is 4.05. The van der Waals surface area contributed by atoms with Crippen molar-refractivity contribution in [3.63, 3.8) is 0 Å².